The van der Waals surface area contributed by atoms with Crippen LogP contribution in [0.25, 0.3) is 22.2 Å². The van der Waals surface area contributed by atoms with Crippen molar-refractivity contribution in [3.63, 3.8) is 0 Å². The van der Waals surface area contributed by atoms with Crippen molar-refractivity contribution >= 4 is 32.6 Å². The molecule has 1 amide bonds. The van der Waals surface area contributed by atoms with Crippen LogP contribution in [0.1, 0.15) is 42.6 Å². The zero-order valence-corrected chi connectivity index (χ0v) is 21.0. The van der Waals surface area contributed by atoms with Gasteiger partial charge in [-0.25, -0.2) is 18.2 Å². The van der Waals surface area contributed by atoms with Crippen LogP contribution in [-0.4, -0.2) is 60.4 Å². The fraction of sp³-hybridized carbons (Fsp3) is 0.370. The number of carbonyl (C=O) groups is 2. The highest BCUT2D eigenvalue weighted by Gasteiger charge is 2.36. The highest BCUT2D eigenvalue weighted by atomic mass is 32.2. The molecule has 1 aromatic heterocycles. The van der Waals surface area contributed by atoms with Crippen LogP contribution in [0.2, 0.25) is 0 Å². The number of para-hydroxylation sites is 1. The highest BCUT2D eigenvalue weighted by Crippen LogP contribution is 2.26. The Bertz CT molecular complexity index is 1350. The van der Waals surface area contributed by atoms with Gasteiger partial charge >= 0.3 is 5.97 Å². The van der Waals surface area contributed by atoms with Gasteiger partial charge in [-0.05, 0) is 38.8 Å². The highest BCUT2D eigenvalue weighted by molar-refractivity contribution is 7.91. The molecule has 2 aromatic carbocycles. The van der Waals surface area contributed by atoms with E-state index in [1.807, 2.05) is 63.2 Å². The van der Waals surface area contributed by atoms with Gasteiger partial charge in [0.2, 0.25) is 0 Å². The number of carbonyl (C=O) groups excluding carboxylic acids is 2. The molecule has 8 heteroatoms. The standard InChI is InChI=1S/C27H30N2O5S/c1-4-19(3)29(21-13-14-35(32,33)17-21)26(30)16-34-27(31)23-15-25(20-11-9-18(2)10-12-20)28-24-8-6-5-7-22(23)24/h5-12,15,19,21H,4,13-14,16-17H2,1-3H3/t19-,21-/m1/s1. The zero-order chi connectivity index (χ0) is 25.2. The molecular weight excluding hydrogens is 464 g/mol. The Labute approximate surface area is 206 Å². The number of ether oxygens (including phenoxy) is 1. The minimum absolute atomic E-state index is 0.0497. The third-order valence-corrected chi connectivity index (χ3v) is 8.32. The van der Waals surface area contributed by atoms with Crippen molar-refractivity contribution in [3.8, 4) is 11.3 Å². The fourth-order valence-electron chi connectivity index (χ4n) is 4.50. The maximum atomic E-state index is 13.2. The van der Waals surface area contributed by atoms with Crippen molar-refractivity contribution < 1.29 is 22.7 Å². The Morgan fingerprint density at radius 3 is 2.51 bits per heavy atom. The number of hydrogen-bond acceptors (Lipinski definition) is 6. The summed E-state index contributed by atoms with van der Waals surface area (Å²) in [5.41, 5.74) is 3.61. The predicted molar refractivity (Wildman–Crippen MR) is 136 cm³/mol. The van der Waals surface area contributed by atoms with E-state index in [0.29, 0.717) is 35.0 Å². The van der Waals surface area contributed by atoms with Crippen LogP contribution >= 0.6 is 0 Å². The van der Waals surface area contributed by atoms with Gasteiger partial charge in [-0.3, -0.25) is 4.79 Å². The maximum Gasteiger partial charge on any atom is 0.339 e. The monoisotopic (exact) mass is 494 g/mol. The van der Waals surface area contributed by atoms with Gasteiger partial charge < -0.3 is 9.64 Å². The summed E-state index contributed by atoms with van der Waals surface area (Å²) in [5.74, 6) is -0.977. The largest absolute Gasteiger partial charge is 0.452 e. The number of fused-ring (bicyclic) bond motifs is 1. The molecule has 0 saturated carbocycles. The molecule has 7 nitrogen and oxygen atoms in total. The second-order valence-electron chi connectivity index (χ2n) is 9.13. The van der Waals surface area contributed by atoms with Crippen LogP contribution in [0.3, 0.4) is 0 Å². The van der Waals surface area contributed by atoms with E-state index in [-0.39, 0.29) is 23.5 Å². The summed E-state index contributed by atoms with van der Waals surface area (Å²) in [5, 5.41) is 0.640. The number of benzene rings is 2. The summed E-state index contributed by atoms with van der Waals surface area (Å²) in [6.07, 6.45) is 1.08. The van der Waals surface area contributed by atoms with Gasteiger partial charge in [-0.2, -0.15) is 0 Å². The summed E-state index contributed by atoms with van der Waals surface area (Å²) in [4.78, 5) is 32.6. The fourth-order valence-corrected chi connectivity index (χ4v) is 6.21. The third kappa shape index (κ3) is 5.53. The molecule has 0 radical (unpaired) electrons. The quantitative estimate of drug-likeness (QED) is 0.458. The van der Waals surface area contributed by atoms with E-state index in [0.717, 1.165) is 11.1 Å². The van der Waals surface area contributed by atoms with Gasteiger partial charge in [0.05, 0.1) is 28.3 Å². The first-order chi connectivity index (χ1) is 16.7. The van der Waals surface area contributed by atoms with Crippen molar-refractivity contribution in [2.75, 3.05) is 18.1 Å². The first-order valence-corrected chi connectivity index (χ1v) is 13.7. The Morgan fingerprint density at radius 1 is 1.14 bits per heavy atom. The number of pyridine rings is 1. The van der Waals surface area contributed by atoms with E-state index in [9.17, 15) is 18.0 Å². The number of aromatic nitrogens is 1. The molecule has 3 aromatic rings. The summed E-state index contributed by atoms with van der Waals surface area (Å²) in [7, 11) is -3.16. The molecule has 0 bridgehead atoms. The number of sulfone groups is 1. The average molecular weight is 495 g/mol. The minimum atomic E-state index is -3.16. The molecule has 4 rings (SSSR count). The molecule has 1 aliphatic rings. The minimum Gasteiger partial charge on any atom is -0.452 e. The lowest BCUT2D eigenvalue weighted by molar-refractivity contribution is -0.138. The van der Waals surface area contributed by atoms with Gasteiger partial charge in [0.25, 0.3) is 5.91 Å². The van der Waals surface area contributed by atoms with Crippen LogP contribution < -0.4 is 0 Å². The van der Waals surface area contributed by atoms with Crippen LogP contribution in [-0.2, 0) is 19.4 Å². The van der Waals surface area contributed by atoms with Crippen molar-refractivity contribution in [1.82, 2.24) is 9.88 Å². The van der Waals surface area contributed by atoms with Crippen LogP contribution in [0.4, 0.5) is 0 Å². The Kier molecular flexibility index (Phi) is 7.21. The van der Waals surface area contributed by atoms with Gasteiger partial charge in [0, 0.05) is 23.0 Å². The van der Waals surface area contributed by atoms with E-state index >= 15 is 0 Å². The number of aryl methyl sites for hydroxylation is 1. The Morgan fingerprint density at radius 2 is 1.86 bits per heavy atom. The molecule has 0 N–H and O–H groups in total. The summed E-state index contributed by atoms with van der Waals surface area (Å²) < 4.78 is 29.5. The molecule has 1 saturated heterocycles. The molecule has 2 heterocycles. The van der Waals surface area contributed by atoms with E-state index in [1.165, 1.54) is 0 Å². The molecule has 0 aliphatic carbocycles. The van der Waals surface area contributed by atoms with E-state index in [2.05, 4.69) is 0 Å². The summed E-state index contributed by atoms with van der Waals surface area (Å²) >= 11 is 0. The Hall–Kier alpha value is -3.26. The zero-order valence-electron chi connectivity index (χ0n) is 20.2. The molecule has 184 valence electrons. The molecule has 35 heavy (non-hydrogen) atoms. The first kappa shape index (κ1) is 24.9. The number of rotatable bonds is 7. The molecular formula is C27H30N2O5S. The molecule has 0 unspecified atom stereocenters. The molecule has 1 aliphatic heterocycles. The SMILES string of the molecule is CC[C@@H](C)N(C(=O)COC(=O)c1cc(-c2ccc(C)cc2)nc2ccccc12)[C@@H]1CCS(=O)(=O)C1. The number of esters is 1. The van der Waals surface area contributed by atoms with E-state index in [1.54, 1.807) is 17.0 Å². The molecule has 2 atom stereocenters. The van der Waals surface area contributed by atoms with Crippen molar-refractivity contribution in [1.29, 1.82) is 0 Å². The number of amides is 1. The van der Waals surface area contributed by atoms with Crippen LogP contribution in [0.15, 0.2) is 54.6 Å². The van der Waals surface area contributed by atoms with Crippen molar-refractivity contribution in [2.45, 2.75) is 45.7 Å². The van der Waals surface area contributed by atoms with Crippen molar-refractivity contribution in [3.05, 3.63) is 65.7 Å². The van der Waals surface area contributed by atoms with E-state index in [4.69, 9.17) is 9.72 Å². The second-order valence-corrected chi connectivity index (χ2v) is 11.4. The van der Waals surface area contributed by atoms with Gasteiger partial charge in [-0.1, -0.05) is 55.0 Å². The first-order valence-electron chi connectivity index (χ1n) is 11.8. The third-order valence-electron chi connectivity index (χ3n) is 6.57. The lowest BCUT2D eigenvalue weighted by atomic mass is 10.0. The topological polar surface area (TPSA) is 93.6 Å². The second kappa shape index (κ2) is 10.2. The molecule has 0 spiro atoms. The smallest absolute Gasteiger partial charge is 0.339 e. The normalized spacial score (nSPS) is 17.7. The summed E-state index contributed by atoms with van der Waals surface area (Å²) in [6.45, 7) is 5.38. The number of nitrogens with zero attached hydrogens (tertiary/aromatic N) is 2. The predicted octanol–water partition coefficient (Wildman–Crippen LogP) is 4.18. The van der Waals surface area contributed by atoms with Crippen LogP contribution in [0, 0.1) is 6.92 Å². The van der Waals surface area contributed by atoms with E-state index < -0.39 is 28.5 Å². The van der Waals surface area contributed by atoms with Gasteiger partial charge in [-0.15, -0.1) is 0 Å². The lowest BCUT2D eigenvalue weighted by Gasteiger charge is -2.33. The van der Waals surface area contributed by atoms with Crippen molar-refractivity contribution in [2.24, 2.45) is 0 Å². The summed E-state index contributed by atoms with van der Waals surface area (Å²) in [6, 6.07) is 16.3. The number of hydrogen-bond donors (Lipinski definition) is 0. The average Bonchev–Trinajstić information content (AvgIpc) is 3.21. The Balaban J connectivity index is 1.58. The lowest BCUT2D eigenvalue weighted by Crippen LogP contribution is -2.48. The van der Waals surface area contributed by atoms with Crippen LogP contribution in [0.5, 0.6) is 0 Å². The van der Waals surface area contributed by atoms with Gasteiger partial charge in [0.1, 0.15) is 0 Å². The maximum absolute atomic E-state index is 13.2. The molecule has 1 fully saturated rings. The van der Waals surface area contributed by atoms with Gasteiger partial charge in [0.15, 0.2) is 16.4 Å².